The Labute approximate surface area is 132 Å². The van der Waals surface area contributed by atoms with Gasteiger partial charge in [-0.25, -0.2) is 13.1 Å². The molecule has 22 heavy (non-hydrogen) atoms. The van der Waals surface area contributed by atoms with Crippen LogP contribution < -0.4 is 9.62 Å². The minimum Gasteiger partial charge on any atom is -0.309 e. The van der Waals surface area contributed by atoms with Gasteiger partial charge in [-0.2, -0.15) is 0 Å². The van der Waals surface area contributed by atoms with E-state index >= 15 is 0 Å². The summed E-state index contributed by atoms with van der Waals surface area (Å²) in [6, 6.07) is 5.06. The molecule has 0 radical (unpaired) electrons. The van der Waals surface area contributed by atoms with Crippen LogP contribution in [0, 0.1) is 0 Å². The van der Waals surface area contributed by atoms with E-state index in [1.807, 2.05) is 34.6 Å². The van der Waals surface area contributed by atoms with Crippen molar-refractivity contribution in [2.45, 2.75) is 63.9 Å². The summed E-state index contributed by atoms with van der Waals surface area (Å²) in [6.45, 7) is 9.24. The molecule has 1 atom stereocenters. The van der Waals surface area contributed by atoms with E-state index in [9.17, 15) is 13.2 Å². The number of hydrogen-bond donors (Lipinski definition) is 1. The van der Waals surface area contributed by atoms with Gasteiger partial charge in [0.1, 0.15) is 0 Å². The minimum atomic E-state index is -3.55. The van der Waals surface area contributed by atoms with E-state index in [2.05, 4.69) is 4.72 Å². The van der Waals surface area contributed by atoms with E-state index in [0.29, 0.717) is 12.8 Å². The number of nitrogens with one attached hydrogen (secondary N) is 1. The van der Waals surface area contributed by atoms with Gasteiger partial charge >= 0.3 is 0 Å². The fourth-order valence-electron chi connectivity index (χ4n) is 2.79. The molecule has 0 unspecified atom stereocenters. The number of hydrogen-bond acceptors (Lipinski definition) is 3. The lowest BCUT2D eigenvalue weighted by Gasteiger charge is -2.22. The van der Waals surface area contributed by atoms with Gasteiger partial charge in [-0.1, -0.05) is 6.92 Å². The first-order chi connectivity index (χ1) is 10.0. The summed E-state index contributed by atoms with van der Waals surface area (Å²) in [4.78, 5) is 14.1. The lowest BCUT2D eigenvalue weighted by atomic mass is 10.1. The third-order valence-corrected chi connectivity index (χ3v) is 5.34. The van der Waals surface area contributed by atoms with Gasteiger partial charge in [-0.3, -0.25) is 4.79 Å². The van der Waals surface area contributed by atoms with E-state index in [-0.39, 0.29) is 16.8 Å². The van der Waals surface area contributed by atoms with Gasteiger partial charge in [0.25, 0.3) is 0 Å². The quantitative estimate of drug-likeness (QED) is 0.929. The Bertz CT molecular complexity index is 690. The summed E-state index contributed by atoms with van der Waals surface area (Å²) in [7, 11) is -3.55. The van der Waals surface area contributed by atoms with E-state index < -0.39 is 15.6 Å². The zero-order valence-electron chi connectivity index (χ0n) is 13.8. The van der Waals surface area contributed by atoms with Crippen molar-refractivity contribution in [3.8, 4) is 0 Å². The monoisotopic (exact) mass is 324 g/mol. The van der Waals surface area contributed by atoms with Crippen LogP contribution in [0.3, 0.4) is 0 Å². The number of carbonyl (C=O) groups excluding carboxylic acids is 1. The topological polar surface area (TPSA) is 66.5 Å². The maximum absolute atomic E-state index is 12.4. The molecule has 0 spiro atoms. The Morgan fingerprint density at radius 1 is 1.36 bits per heavy atom. The molecule has 0 bridgehead atoms. The van der Waals surface area contributed by atoms with Crippen LogP contribution in [-0.2, 0) is 21.2 Å². The highest BCUT2D eigenvalue weighted by Crippen LogP contribution is 2.34. The molecule has 1 amide bonds. The van der Waals surface area contributed by atoms with Crippen LogP contribution in [0.4, 0.5) is 5.69 Å². The molecule has 0 aromatic heterocycles. The molecule has 1 aliphatic heterocycles. The summed E-state index contributed by atoms with van der Waals surface area (Å²) in [5.41, 5.74) is 1.20. The van der Waals surface area contributed by atoms with Crippen molar-refractivity contribution in [1.82, 2.24) is 4.72 Å². The van der Waals surface area contributed by atoms with E-state index in [4.69, 9.17) is 0 Å². The lowest BCUT2D eigenvalue weighted by molar-refractivity contribution is -0.118. The zero-order valence-corrected chi connectivity index (χ0v) is 14.6. The van der Waals surface area contributed by atoms with Crippen LogP contribution in [-0.4, -0.2) is 25.9 Å². The highest BCUT2D eigenvalue weighted by molar-refractivity contribution is 7.89. The van der Waals surface area contributed by atoms with Crippen molar-refractivity contribution < 1.29 is 13.2 Å². The van der Waals surface area contributed by atoms with Crippen LogP contribution in [0.15, 0.2) is 23.1 Å². The molecule has 0 fully saturated rings. The number of nitrogens with zero attached hydrogens (tertiary/aromatic N) is 1. The normalized spacial score (nSPS) is 18.4. The van der Waals surface area contributed by atoms with Crippen molar-refractivity contribution >= 4 is 21.6 Å². The van der Waals surface area contributed by atoms with Crippen LogP contribution in [0.2, 0.25) is 0 Å². The first-order valence-corrected chi connectivity index (χ1v) is 9.02. The van der Waals surface area contributed by atoms with Crippen molar-refractivity contribution in [1.29, 1.82) is 0 Å². The molecule has 2 rings (SSSR count). The number of rotatable bonds is 3. The maximum atomic E-state index is 12.4. The summed E-state index contributed by atoms with van der Waals surface area (Å²) in [6.07, 6.45) is 1.12. The van der Waals surface area contributed by atoms with Crippen molar-refractivity contribution in [2.24, 2.45) is 0 Å². The molecule has 5 nitrogen and oxygen atoms in total. The van der Waals surface area contributed by atoms with Crippen LogP contribution in [0.5, 0.6) is 0 Å². The molecule has 0 saturated carbocycles. The second kappa shape index (κ2) is 5.66. The van der Waals surface area contributed by atoms with Crippen LogP contribution in [0.1, 0.15) is 46.6 Å². The average Bonchev–Trinajstić information content (AvgIpc) is 2.70. The van der Waals surface area contributed by atoms with Crippen molar-refractivity contribution in [3.63, 3.8) is 0 Å². The lowest BCUT2D eigenvalue weighted by Crippen LogP contribution is -2.40. The van der Waals surface area contributed by atoms with Gasteiger partial charge in [0.2, 0.25) is 15.9 Å². The van der Waals surface area contributed by atoms with E-state index in [1.54, 1.807) is 23.1 Å². The third kappa shape index (κ3) is 3.33. The molecule has 1 heterocycles. The van der Waals surface area contributed by atoms with E-state index in [0.717, 1.165) is 11.3 Å². The summed E-state index contributed by atoms with van der Waals surface area (Å²) in [5.74, 6) is 0.0645. The third-order valence-electron chi connectivity index (χ3n) is 3.59. The number of sulfonamides is 1. The minimum absolute atomic E-state index is 0.0645. The Morgan fingerprint density at radius 2 is 2.00 bits per heavy atom. The molecule has 0 aliphatic carbocycles. The summed E-state index contributed by atoms with van der Waals surface area (Å²) < 4.78 is 27.5. The molecule has 1 N–H and O–H groups in total. The number of amides is 1. The van der Waals surface area contributed by atoms with Gasteiger partial charge in [0.05, 0.1) is 4.90 Å². The molecule has 1 aromatic rings. The first-order valence-electron chi connectivity index (χ1n) is 7.54. The SMILES string of the molecule is CCC(=O)N1c2ccc(S(=O)(=O)NC(C)(C)C)cc2C[C@H]1C. The zero-order chi connectivity index (χ0) is 16.7. The van der Waals surface area contributed by atoms with Gasteiger partial charge in [0, 0.05) is 23.7 Å². The second-order valence-corrected chi connectivity index (χ2v) is 8.50. The Kier molecular flexibility index (Phi) is 4.37. The van der Waals surface area contributed by atoms with Gasteiger partial charge in [0.15, 0.2) is 0 Å². The van der Waals surface area contributed by atoms with Crippen LogP contribution in [0.25, 0.3) is 0 Å². The molecule has 1 aliphatic rings. The summed E-state index contributed by atoms with van der Waals surface area (Å²) in [5, 5.41) is 0. The number of carbonyl (C=O) groups is 1. The van der Waals surface area contributed by atoms with Gasteiger partial charge in [-0.15, -0.1) is 0 Å². The largest absolute Gasteiger partial charge is 0.309 e. The molecule has 6 heteroatoms. The molecule has 122 valence electrons. The Hall–Kier alpha value is -1.40. The van der Waals surface area contributed by atoms with Crippen molar-refractivity contribution in [3.05, 3.63) is 23.8 Å². The van der Waals surface area contributed by atoms with E-state index in [1.165, 1.54) is 0 Å². The smallest absolute Gasteiger partial charge is 0.241 e. The summed E-state index contributed by atoms with van der Waals surface area (Å²) >= 11 is 0. The van der Waals surface area contributed by atoms with Gasteiger partial charge < -0.3 is 4.90 Å². The highest BCUT2D eigenvalue weighted by Gasteiger charge is 2.31. The molecule has 1 aromatic carbocycles. The fourth-order valence-corrected chi connectivity index (χ4v) is 4.26. The highest BCUT2D eigenvalue weighted by atomic mass is 32.2. The Balaban J connectivity index is 2.39. The fraction of sp³-hybridized carbons (Fsp3) is 0.562. The number of benzene rings is 1. The first kappa shape index (κ1) is 17.0. The standard InChI is InChI=1S/C16H24N2O3S/c1-6-15(19)18-11(2)9-12-10-13(7-8-14(12)18)22(20,21)17-16(3,4)5/h7-8,10-11,17H,6,9H2,1-5H3/t11-/m1/s1. The van der Waals surface area contributed by atoms with Crippen LogP contribution >= 0.6 is 0 Å². The predicted molar refractivity (Wildman–Crippen MR) is 87.5 cm³/mol. The maximum Gasteiger partial charge on any atom is 0.241 e. The second-order valence-electron chi connectivity index (χ2n) is 6.82. The molecular formula is C16H24N2O3S. The average molecular weight is 324 g/mol. The Morgan fingerprint density at radius 3 is 2.55 bits per heavy atom. The molecule has 0 saturated heterocycles. The number of fused-ring (bicyclic) bond motifs is 1. The van der Waals surface area contributed by atoms with Gasteiger partial charge in [-0.05, 0) is 57.9 Å². The molecular weight excluding hydrogens is 300 g/mol. The predicted octanol–water partition coefficient (Wildman–Crippen LogP) is 2.45. The number of anilines is 1. The van der Waals surface area contributed by atoms with Crippen molar-refractivity contribution in [2.75, 3.05) is 4.90 Å².